The van der Waals surface area contributed by atoms with Crippen molar-refractivity contribution in [3.8, 4) is 0 Å². The molecule has 0 spiro atoms. The molecule has 2 aliphatic rings. The van der Waals surface area contributed by atoms with E-state index in [2.05, 4.69) is 58.6 Å². The fraction of sp³-hybridized carbons (Fsp3) is 0.667. The Morgan fingerprint density at radius 3 is 2.74 bits per heavy atom. The molecule has 6 heteroatoms. The number of hydrogen-bond donors (Lipinski definition) is 3. The molecule has 1 aromatic rings. The third-order valence-electron chi connectivity index (χ3n) is 5.46. The van der Waals surface area contributed by atoms with Crippen LogP contribution in [0, 0.1) is 6.92 Å². The summed E-state index contributed by atoms with van der Waals surface area (Å²) in [5, 5.41) is 17.6. The summed E-state index contributed by atoms with van der Waals surface area (Å²) in [7, 11) is 0. The van der Waals surface area contributed by atoms with Gasteiger partial charge in [-0.2, -0.15) is 0 Å². The minimum Gasteiger partial charge on any atom is -0.388 e. The maximum atomic E-state index is 10.7. The van der Waals surface area contributed by atoms with Crippen molar-refractivity contribution in [1.29, 1.82) is 0 Å². The fourth-order valence-electron chi connectivity index (χ4n) is 3.73. The van der Waals surface area contributed by atoms with Gasteiger partial charge in [0, 0.05) is 57.4 Å². The Balaban J connectivity index is 1.59. The van der Waals surface area contributed by atoms with E-state index in [1.807, 2.05) is 0 Å². The van der Waals surface area contributed by atoms with Crippen molar-refractivity contribution >= 4 is 11.6 Å². The number of piperidine rings is 1. The first-order valence-corrected chi connectivity index (χ1v) is 10.2. The van der Waals surface area contributed by atoms with Crippen molar-refractivity contribution in [3.05, 3.63) is 29.8 Å². The third-order valence-corrected chi connectivity index (χ3v) is 5.46. The first-order valence-electron chi connectivity index (χ1n) is 10.2. The van der Waals surface area contributed by atoms with Gasteiger partial charge in [-0.15, -0.1) is 0 Å². The topological polar surface area (TPSA) is 69.1 Å². The number of hydrogen-bond acceptors (Lipinski definition) is 4. The SMILES string of the molecule is CCNC(=NCC1(O)CCOCC1)NC1CCCN(c2ccc(C)cc2)C1. The van der Waals surface area contributed by atoms with Gasteiger partial charge in [-0.3, -0.25) is 4.99 Å². The maximum Gasteiger partial charge on any atom is 0.191 e. The summed E-state index contributed by atoms with van der Waals surface area (Å²) in [5.41, 5.74) is 1.84. The molecule has 27 heavy (non-hydrogen) atoms. The van der Waals surface area contributed by atoms with Crippen LogP contribution >= 0.6 is 0 Å². The summed E-state index contributed by atoms with van der Waals surface area (Å²) in [4.78, 5) is 7.12. The summed E-state index contributed by atoms with van der Waals surface area (Å²) >= 11 is 0. The number of nitrogens with one attached hydrogen (secondary N) is 2. The van der Waals surface area contributed by atoms with Crippen LogP contribution in [0.1, 0.15) is 38.2 Å². The zero-order valence-electron chi connectivity index (χ0n) is 16.7. The molecule has 2 aliphatic heterocycles. The minimum atomic E-state index is -0.735. The second-order valence-corrected chi connectivity index (χ2v) is 7.80. The number of rotatable bonds is 5. The number of aliphatic imine (C=N–C) groups is 1. The van der Waals surface area contributed by atoms with Crippen molar-refractivity contribution in [2.75, 3.05) is 44.3 Å². The van der Waals surface area contributed by atoms with E-state index >= 15 is 0 Å². The lowest BCUT2D eigenvalue weighted by molar-refractivity contribution is -0.0566. The zero-order valence-corrected chi connectivity index (χ0v) is 16.7. The number of ether oxygens (including phenoxy) is 1. The van der Waals surface area contributed by atoms with E-state index in [-0.39, 0.29) is 0 Å². The molecule has 3 rings (SSSR count). The molecule has 0 aromatic heterocycles. The third kappa shape index (κ3) is 5.84. The smallest absolute Gasteiger partial charge is 0.191 e. The van der Waals surface area contributed by atoms with Gasteiger partial charge in [0.25, 0.3) is 0 Å². The molecule has 1 atom stereocenters. The van der Waals surface area contributed by atoms with E-state index in [1.54, 1.807) is 0 Å². The van der Waals surface area contributed by atoms with E-state index in [9.17, 15) is 5.11 Å². The van der Waals surface area contributed by atoms with Crippen LogP contribution in [0.15, 0.2) is 29.3 Å². The number of guanidine groups is 1. The van der Waals surface area contributed by atoms with Crippen LogP contribution in [-0.4, -0.2) is 62.1 Å². The summed E-state index contributed by atoms with van der Waals surface area (Å²) in [5.74, 6) is 0.799. The van der Waals surface area contributed by atoms with Crippen LogP contribution in [0.2, 0.25) is 0 Å². The van der Waals surface area contributed by atoms with E-state index in [4.69, 9.17) is 4.74 Å². The normalized spacial score (nSPS) is 23.1. The largest absolute Gasteiger partial charge is 0.388 e. The summed E-state index contributed by atoms with van der Waals surface area (Å²) < 4.78 is 5.36. The molecular weight excluding hydrogens is 340 g/mol. The Kier molecular flexibility index (Phi) is 6.96. The van der Waals surface area contributed by atoms with E-state index < -0.39 is 5.60 Å². The van der Waals surface area contributed by atoms with Crippen LogP contribution in [-0.2, 0) is 4.74 Å². The van der Waals surface area contributed by atoms with Crippen LogP contribution in [0.3, 0.4) is 0 Å². The van der Waals surface area contributed by atoms with Gasteiger partial charge < -0.3 is 25.4 Å². The van der Waals surface area contributed by atoms with Crippen molar-refractivity contribution < 1.29 is 9.84 Å². The van der Waals surface area contributed by atoms with Gasteiger partial charge >= 0.3 is 0 Å². The molecule has 3 N–H and O–H groups in total. The predicted octanol–water partition coefficient (Wildman–Crippen LogP) is 2.06. The van der Waals surface area contributed by atoms with Gasteiger partial charge in [0.2, 0.25) is 0 Å². The second kappa shape index (κ2) is 9.42. The highest BCUT2D eigenvalue weighted by molar-refractivity contribution is 5.80. The maximum absolute atomic E-state index is 10.7. The molecule has 0 amide bonds. The van der Waals surface area contributed by atoms with Crippen LogP contribution in [0.4, 0.5) is 5.69 Å². The molecular formula is C21H34N4O2. The van der Waals surface area contributed by atoms with Gasteiger partial charge in [0.05, 0.1) is 12.1 Å². The molecule has 0 aliphatic carbocycles. The number of aliphatic hydroxyl groups is 1. The molecule has 2 heterocycles. The van der Waals surface area contributed by atoms with E-state index in [0.717, 1.165) is 38.4 Å². The number of anilines is 1. The van der Waals surface area contributed by atoms with Crippen LogP contribution in [0.5, 0.6) is 0 Å². The first-order chi connectivity index (χ1) is 13.1. The lowest BCUT2D eigenvalue weighted by Crippen LogP contribution is -2.52. The van der Waals surface area contributed by atoms with E-state index in [1.165, 1.54) is 11.3 Å². The average molecular weight is 375 g/mol. The Hall–Kier alpha value is -1.79. The van der Waals surface area contributed by atoms with Gasteiger partial charge in [-0.05, 0) is 38.8 Å². The van der Waals surface area contributed by atoms with E-state index in [0.29, 0.717) is 38.6 Å². The Bertz CT molecular complexity index is 611. The molecule has 150 valence electrons. The van der Waals surface area contributed by atoms with Crippen LogP contribution in [0.25, 0.3) is 0 Å². The second-order valence-electron chi connectivity index (χ2n) is 7.80. The summed E-state index contributed by atoms with van der Waals surface area (Å²) in [6.07, 6.45) is 3.60. The Labute approximate surface area is 163 Å². The standard InChI is InChI=1S/C21H34N4O2/c1-3-22-20(23-16-21(26)10-13-27-14-11-21)24-18-5-4-12-25(15-18)19-8-6-17(2)7-9-19/h6-9,18,26H,3-5,10-16H2,1-2H3,(H2,22,23,24). The van der Waals surface area contributed by atoms with Crippen molar-refractivity contribution in [2.45, 2.75) is 51.2 Å². The fourth-order valence-corrected chi connectivity index (χ4v) is 3.73. The average Bonchev–Trinajstić information content (AvgIpc) is 2.68. The lowest BCUT2D eigenvalue weighted by Gasteiger charge is -2.36. The first kappa shape index (κ1) is 20.0. The molecule has 0 bridgehead atoms. The highest BCUT2D eigenvalue weighted by Crippen LogP contribution is 2.22. The molecule has 2 saturated heterocycles. The quantitative estimate of drug-likeness (QED) is 0.544. The van der Waals surface area contributed by atoms with Crippen molar-refractivity contribution in [2.24, 2.45) is 4.99 Å². The molecule has 0 radical (unpaired) electrons. The lowest BCUT2D eigenvalue weighted by atomic mass is 9.95. The molecule has 1 aromatic carbocycles. The molecule has 6 nitrogen and oxygen atoms in total. The summed E-state index contributed by atoms with van der Waals surface area (Å²) in [6.45, 7) is 8.70. The number of aryl methyl sites for hydroxylation is 1. The monoisotopic (exact) mass is 374 g/mol. The Morgan fingerprint density at radius 1 is 1.30 bits per heavy atom. The number of benzene rings is 1. The van der Waals surface area contributed by atoms with Gasteiger partial charge in [-0.1, -0.05) is 17.7 Å². The van der Waals surface area contributed by atoms with Crippen molar-refractivity contribution in [3.63, 3.8) is 0 Å². The van der Waals surface area contributed by atoms with Crippen LogP contribution < -0.4 is 15.5 Å². The number of nitrogens with zero attached hydrogens (tertiary/aromatic N) is 2. The zero-order chi connectivity index (χ0) is 19.1. The predicted molar refractivity (Wildman–Crippen MR) is 111 cm³/mol. The Morgan fingerprint density at radius 2 is 2.04 bits per heavy atom. The minimum absolute atomic E-state index is 0.349. The summed E-state index contributed by atoms with van der Waals surface area (Å²) in [6, 6.07) is 9.11. The highest BCUT2D eigenvalue weighted by atomic mass is 16.5. The molecule has 1 unspecified atom stereocenters. The molecule has 2 fully saturated rings. The van der Waals surface area contributed by atoms with Gasteiger partial charge in [0.1, 0.15) is 0 Å². The highest BCUT2D eigenvalue weighted by Gasteiger charge is 2.30. The van der Waals surface area contributed by atoms with Crippen molar-refractivity contribution in [1.82, 2.24) is 10.6 Å². The van der Waals surface area contributed by atoms with Gasteiger partial charge in [0.15, 0.2) is 5.96 Å². The van der Waals surface area contributed by atoms with Gasteiger partial charge in [-0.25, -0.2) is 0 Å². The molecule has 0 saturated carbocycles.